The van der Waals surface area contributed by atoms with Gasteiger partial charge in [0.05, 0.1) is 16.8 Å². The quantitative estimate of drug-likeness (QED) is 0.645. The highest BCUT2D eigenvalue weighted by atomic mass is 16.2. The molecule has 0 fully saturated rings. The number of amides is 2. The lowest BCUT2D eigenvalue weighted by atomic mass is 9.92. The smallest absolute Gasteiger partial charge is 0.256 e. The van der Waals surface area contributed by atoms with Crippen LogP contribution in [-0.2, 0) is 0 Å². The molecule has 0 heterocycles. The number of allylic oxidation sites excluding steroid dienone is 1. The van der Waals surface area contributed by atoms with Crippen molar-refractivity contribution in [3.8, 4) is 11.1 Å². The molecule has 0 saturated carbocycles. The molecule has 0 spiro atoms. The topological polar surface area (TPSA) is 49.4 Å². The standard InChI is InChI=1S/C25H24N2O2/c1-17(2)19-14-10-15-20(18-11-6-5-7-12-18)23(19)24(28)26-22-16-9-8-13-21(22)25(29)27(3)4/h5-16H,1H2,2-4H3,(H,26,28). The minimum atomic E-state index is -0.276. The highest BCUT2D eigenvalue weighted by molar-refractivity contribution is 6.14. The molecular weight excluding hydrogens is 360 g/mol. The number of hydrogen-bond donors (Lipinski definition) is 1. The van der Waals surface area contributed by atoms with Crippen LogP contribution in [0.4, 0.5) is 5.69 Å². The first kappa shape index (κ1) is 20.1. The van der Waals surface area contributed by atoms with Crippen molar-refractivity contribution in [1.82, 2.24) is 4.90 Å². The molecule has 0 aliphatic heterocycles. The Kier molecular flexibility index (Phi) is 5.93. The minimum Gasteiger partial charge on any atom is -0.345 e. The second kappa shape index (κ2) is 8.57. The molecular formula is C25H24N2O2. The van der Waals surface area contributed by atoms with E-state index in [1.165, 1.54) is 4.90 Å². The van der Waals surface area contributed by atoms with Crippen LogP contribution >= 0.6 is 0 Å². The predicted molar refractivity (Wildman–Crippen MR) is 119 cm³/mol. The lowest BCUT2D eigenvalue weighted by Gasteiger charge is -2.18. The average molecular weight is 384 g/mol. The van der Waals surface area contributed by atoms with Crippen molar-refractivity contribution >= 4 is 23.1 Å². The van der Waals surface area contributed by atoms with Gasteiger partial charge in [0.25, 0.3) is 11.8 Å². The summed E-state index contributed by atoms with van der Waals surface area (Å²) >= 11 is 0. The van der Waals surface area contributed by atoms with E-state index in [-0.39, 0.29) is 11.8 Å². The average Bonchev–Trinajstić information content (AvgIpc) is 2.73. The molecule has 0 bridgehead atoms. The molecule has 0 unspecified atom stereocenters. The van der Waals surface area contributed by atoms with Crippen LogP contribution in [0.5, 0.6) is 0 Å². The van der Waals surface area contributed by atoms with Gasteiger partial charge in [-0.2, -0.15) is 0 Å². The lowest BCUT2D eigenvalue weighted by molar-refractivity contribution is 0.0828. The highest BCUT2D eigenvalue weighted by Crippen LogP contribution is 2.30. The summed E-state index contributed by atoms with van der Waals surface area (Å²) in [6, 6.07) is 22.5. The molecule has 2 amide bonds. The molecule has 0 aliphatic rings. The summed E-state index contributed by atoms with van der Waals surface area (Å²) in [4.78, 5) is 27.4. The Balaban J connectivity index is 2.09. The van der Waals surface area contributed by atoms with Crippen LogP contribution in [0.25, 0.3) is 16.7 Å². The predicted octanol–water partition coefficient (Wildman–Crippen LogP) is 5.34. The van der Waals surface area contributed by atoms with Crippen molar-refractivity contribution in [3.63, 3.8) is 0 Å². The van der Waals surface area contributed by atoms with Gasteiger partial charge in [0.15, 0.2) is 0 Å². The Morgan fingerprint density at radius 2 is 1.45 bits per heavy atom. The molecule has 3 aromatic rings. The van der Waals surface area contributed by atoms with Gasteiger partial charge in [-0.3, -0.25) is 9.59 Å². The monoisotopic (exact) mass is 384 g/mol. The van der Waals surface area contributed by atoms with E-state index in [2.05, 4.69) is 11.9 Å². The van der Waals surface area contributed by atoms with E-state index in [9.17, 15) is 9.59 Å². The van der Waals surface area contributed by atoms with Crippen LogP contribution in [0.3, 0.4) is 0 Å². The molecule has 0 saturated heterocycles. The molecule has 1 N–H and O–H groups in total. The van der Waals surface area contributed by atoms with Crippen LogP contribution < -0.4 is 5.32 Å². The van der Waals surface area contributed by atoms with Gasteiger partial charge in [0.1, 0.15) is 0 Å². The number of anilines is 1. The molecule has 0 aromatic heterocycles. The SMILES string of the molecule is C=C(C)c1cccc(-c2ccccc2)c1C(=O)Nc1ccccc1C(=O)N(C)C. The first-order chi connectivity index (χ1) is 13.9. The molecule has 0 aliphatic carbocycles. The van der Waals surface area contributed by atoms with Crippen molar-refractivity contribution in [2.45, 2.75) is 6.92 Å². The summed E-state index contributed by atoms with van der Waals surface area (Å²) in [6.45, 7) is 5.92. The number of hydrogen-bond acceptors (Lipinski definition) is 2. The third-order valence-electron chi connectivity index (χ3n) is 4.65. The van der Waals surface area contributed by atoms with Gasteiger partial charge < -0.3 is 10.2 Å². The Bertz CT molecular complexity index is 1070. The zero-order chi connectivity index (χ0) is 21.0. The van der Waals surface area contributed by atoms with E-state index in [4.69, 9.17) is 0 Å². The molecule has 29 heavy (non-hydrogen) atoms. The van der Waals surface area contributed by atoms with Gasteiger partial charge in [0, 0.05) is 14.1 Å². The molecule has 146 valence electrons. The summed E-state index contributed by atoms with van der Waals surface area (Å²) < 4.78 is 0. The van der Waals surface area contributed by atoms with Crippen LogP contribution in [0.1, 0.15) is 33.2 Å². The van der Waals surface area contributed by atoms with Crippen molar-refractivity contribution < 1.29 is 9.59 Å². The van der Waals surface area contributed by atoms with Gasteiger partial charge >= 0.3 is 0 Å². The fraction of sp³-hybridized carbons (Fsp3) is 0.120. The third kappa shape index (κ3) is 4.27. The first-order valence-corrected chi connectivity index (χ1v) is 9.36. The van der Waals surface area contributed by atoms with Gasteiger partial charge in [-0.1, -0.05) is 72.8 Å². The fourth-order valence-corrected chi connectivity index (χ4v) is 3.22. The lowest BCUT2D eigenvalue weighted by Crippen LogP contribution is -2.24. The van der Waals surface area contributed by atoms with Crippen LogP contribution in [0.15, 0.2) is 79.4 Å². The fourth-order valence-electron chi connectivity index (χ4n) is 3.22. The van der Waals surface area contributed by atoms with E-state index >= 15 is 0 Å². The van der Waals surface area contributed by atoms with Crippen molar-refractivity contribution in [3.05, 3.63) is 96.1 Å². The maximum absolute atomic E-state index is 13.4. The molecule has 0 atom stereocenters. The summed E-state index contributed by atoms with van der Waals surface area (Å²) in [5.41, 5.74) is 4.80. The Hall–Kier alpha value is -3.66. The summed E-state index contributed by atoms with van der Waals surface area (Å²) in [5.74, 6) is -0.446. The van der Waals surface area contributed by atoms with Gasteiger partial charge in [-0.15, -0.1) is 0 Å². The number of nitrogens with one attached hydrogen (secondary N) is 1. The summed E-state index contributed by atoms with van der Waals surface area (Å²) in [5, 5.41) is 2.94. The number of nitrogens with zero attached hydrogens (tertiary/aromatic N) is 1. The number of carbonyl (C=O) groups excluding carboxylic acids is 2. The van der Waals surface area contributed by atoms with Gasteiger partial charge in [0.2, 0.25) is 0 Å². The number of rotatable bonds is 5. The molecule has 4 heteroatoms. The maximum atomic E-state index is 13.4. The van der Waals surface area contributed by atoms with Crippen molar-refractivity contribution in [1.29, 1.82) is 0 Å². The minimum absolute atomic E-state index is 0.169. The van der Waals surface area contributed by atoms with E-state index < -0.39 is 0 Å². The maximum Gasteiger partial charge on any atom is 0.256 e. The normalized spacial score (nSPS) is 10.3. The number of benzene rings is 3. The molecule has 4 nitrogen and oxygen atoms in total. The first-order valence-electron chi connectivity index (χ1n) is 9.36. The second-order valence-corrected chi connectivity index (χ2v) is 7.07. The number of carbonyl (C=O) groups is 2. The van der Waals surface area contributed by atoms with E-state index in [1.54, 1.807) is 38.4 Å². The van der Waals surface area contributed by atoms with E-state index in [0.29, 0.717) is 16.8 Å². The van der Waals surface area contributed by atoms with Gasteiger partial charge in [-0.05, 0) is 35.7 Å². The Morgan fingerprint density at radius 1 is 0.828 bits per heavy atom. The zero-order valence-electron chi connectivity index (χ0n) is 16.9. The summed E-state index contributed by atoms with van der Waals surface area (Å²) in [6.07, 6.45) is 0. The highest BCUT2D eigenvalue weighted by Gasteiger charge is 2.20. The van der Waals surface area contributed by atoms with Crippen molar-refractivity contribution in [2.24, 2.45) is 0 Å². The Morgan fingerprint density at radius 3 is 2.10 bits per heavy atom. The van der Waals surface area contributed by atoms with E-state index in [0.717, 1.165) is 22.3 Å². The number of para-hydroxylation sites is 1. The van der Waals surface area contributed by atoms with Crippen LogP contribution in [0, 0.1) is 0 Å². The van der Waals surface area contributed by atoms with Crippen molar-refractivity contribution in [2.75, 3.05) is 19.4 Å². The molecule has 3 rings (SSSR count). The van der Waals surface area contributed by atoms with Gasteiger partial charge in [-0.25, -0.2) is 0 Å². The molecule has 0 radical (unpaired) electrons. The molecule has 3 aromatic carbocycles. The van der Waals surface area contributed by atoms with Crippen LogP contribution in [0.2, 0.25) is 0 Å². The Labute approximate surface area is 171 Å². The summed E-state index contributed by atoms with van der Waals surface area (Å²) in [7, 11) is 3.37. The second-order valence-electron chi connectivity index (χ2n) is 7.07. The van der Waals surface area contributed by atoms with Crippen LogP contribution in [-0.4, -0.2) is 30.8 Å². The third-order valence-corrected chi connectivity index (χ3v) is 4.65. The zero-order valence-corrected chi connectivity index (χ0v) is 16.9. The van der Waals surface area contributed by atoms with E-state index in [1.807, 2.05) is 55.5 Å². The largest absolute Gasteiger partial charge is 0.345 e.